The van der Waals surface area contributed by atoms with Crippen LogP contribution in [0.3, 0.4) is 0 Å². The summed E-state index contributed by atoms with van der Waals surface area (Å²) in [5.41, 5.74) is 19.0. The van der Waals surface area contributed by atoms with Gasteiger partial charge in [0.1, 0.15) is 22.3 Å². The van der Waals surface area contributed by atoms with Crippen molar-refractivity contribution in [1.82, 2.24) is 0 Å². The average Bonchev–Trinajstić information content (AvgIpc) is 4.21. The Hall–Kier alpha value is -10.4. The molecule has 0 saturated carbocycles. The lowest BCUT2D eigenvalue weighted by Gasteiger charge is -2.29. The zero-order valence-electron chi connectivity index (χ0n) is 42.4. The van der Waals surface area contributed by atoms with Gasteiger partial charge in [-0.05, 0) is 152 Å². The molecule has 0 atom stereocenters. The minimum Gasteiger partial charge on any atom is -0.456 e. The molecule has 0 radical (unpaired) electrons. The van der Waals surface area contributed by atoms with Crippen molar-refractivity contribution in [2.24, 2.45) is 0 Å². The van der Waals surface area contributed by atoms with Crippen LogP contribution < -0.4 is 9.80 Å². The van der Waals surface area contributed by atoms with Gasteiger partial charge < -0.3 is 18.6 Å². The van der Waals surface area contributed by atoms with Gasteiger partial charge in [0.2, 0.25) is 0 Å². The quantitative estimate of drug-likeness (QED) is 0.137. The second-order valence-electron chi connectivity index (χ2n) is 20.1. The van der Waals surface area contributed by atoms with Crippen molar-refractivity contribution in [3.63, 3.8) is 0 Å². The van der Waals surface area contributed by atoms with Gasteiger partial charge in [0.05, 0.1) is 11.4 Å². The molecule has 366 valence electrons. The summed E-state index contributed by atoms with van der Waals surface area (Å²) in [6.07, 6.45) is 0. The molecule has 15 rings (SSSR count). The monoisotopic (exact) mass is 996 g/mol. The maximum atomic E-state index is 6.83. The van der Waals surface area contributed by atoms with E-state index < -0.39 is 0 Å². The Morgan fingerprint density at radius 3 is 0.923 bits per heavy atom. The van der Waals surface area contributed by atoms with Crippen LogP contribution in [0.4, 0.5) is 34.1 Å². The fourth-order valence-electron chi connectivity index (χ4n) is 11.6. The van der Waals surface area contributed by atoms with E-state index in [0.29, 0.717) is 0 Å². The summed E-state index contributed by atoms with van der Waals surface area (Å²) in [5, 5.41) is 8.59. The number of rotatable bonds is 10. The molecule has 0 amide bonds. The summed E-state index contributed by atoms with van der Waals surface area (Å²) in [7, 11) is 0. The highest BCUT2D eigenvalue weighted by Gasteiger charge is 2.23. The molecule has 0 fully saturated rings. The van der Waals surface area contributed by atoms with Crippen LogP contribution in [-0.2, 0) is 0 Å². The topological polar surface area (TPSA) is 32.8 Å². The lowest BCUT2D eigenvalue weighted by molar-refractivity contribution is 0.664. The number of benzene rings is 13. The summed E-state index contributed by atoms with van der Waals surface area (Å²) in [6.45, 7) is 0. The van der Waals surface area contributed by atoms with Crippen molar-refractivity contribution < 1.29 is 8.83 Å². The molecule has 0 spiro atoms. The summed E-state index contributed by atoms with van der Waals surface area (Å²) >= 11 is 0. The van der Waals surface area contributed by atoms with Gasteiger partial charge in [-0.2, -0.15) is 0 Å². The van der Waals surface area contributed by atoms with Gasteiger partial charge in [-0.15, -0.1) is 0 Å². The molecule has 2 aromatic heterocycles. The van der Waals surface area contributed by atoms with Crippen LogP contribution in [-0.4, -0.2) is 0 Å². The van der Waals surface area contributed by atoms with E-state index in [2.05, 4.69) is 301 Å². The third kappa shape index (κ3) is 7.94. The second kappa shape index (κ2) is 18.7. The standard InChI is InChI=1S/C74H48N2O2/c1-7-19-49(20-8-1)55-33-37-63(51-23-11-3-12-24-51)69(43-55)75(59-27-15-5-16-28-59)61-35-31-53-41-65-67-47-74-68(48-73(67)77-71(65)45-57(53)39-61)66-42-54-32-36-62(40-58(54)46-72(66)78-74)76(60-29-17-6-18-30-60)70-44-56(50-21-9-2-10-22-50)34-38-64(70)52-25-13-4-14-26-52/h1-48H. The SMILES string of the molecule is c1ccc(-c2ccc(-c3ccccc3)c(N(c3ccccc3)c3ccc4cc5c(cc4c3)oc3cc4c(cc35)oc3cc5cc(N(c6ccccc6)c6cc(-c7ccccc7)ccc6-c6ccccc6)ccc5cc34)c2)cc1. The summed E-state index contributed by atoms with van der Waals surface area (Å²) in [4.78, 5) is 4.76. The van der Waals surface area contributed by atoms with Crippen LogP contribution in [0.25, 0.3) is 110 Å². The molecule has 13 aromatic carbocycles. The van der Waals surface area contributed by atoms with E-state index in [-0.39, 0.29) is 0 Å². The molecule has 0 N–H and O–H groups in total. The predicted octanol–water partition coefficient (Wildman–Crippen LogP) is 21.4. The van der Waals surface area contributed by atoms with Crippen molar-refractivity contribution in [1.29, 1.82) is 0 Å². The average molecular weight is 997 g/mol. The first kappa shape index (κ1) is 45.0. The van der Waals surface area contributed by atoms with E-state index in [1.807, 2.05) is 0 Å². The Balaban J connectivity index is 0.830. The molecule has 0 saturated heterocycles. The number of anilines is 6. The summed E-state index contributed by atoms with van der Waals surface area (Å²) < 4.78 is 13.7. The lowest BCUT2D eigenvalue weighted by Crippen LogP contribution is -2.11. The minimum absolute atomic E-state index is 0.827. The highest BCUT2D eigenvalue weighted by atomic mass is 16.3. The lowest BCUT2D eigenvalue weighted by atomic mass is 9.96. The Labute approximate surface area is 451 Å². The van der Waals surface area contributed by atoms with E-state index in [1.165, 1.54) is 11.1 Å². The fraction of sp³-hybridized carbons (Fsp3) is 0. The van der Waals surface area contributed by atoms with Crippen LogP contribution in [0.5, 0.6) is 0 Å². The molecule has 78 heavy (non-hydrogen) atoms. The van der Waals surface area contributed by atoms with Crippen LogP contribution in [0.1, 0.15) is 0 Å². The van der Waals surface area contributed by atoms with Crippen LogP contribution in [0.2, 0.25) is 0 Å². The maximum absolute atomic E-state index is 6.83. The number of para-hydroxylation sites is 2. The maximum Gasteiger partial charge on any atom is 0.136 e. The zero-order chi connectivity index (χ0) is 51.5. The van der Waals surface area contributed by atoms with E-state index in [4.69, 9.17) is 8.83 Å². The van der Waals surface area contributed by atoms with Gasteiger partial charge in [0.25, 0.3) is 0 Å². The zero-order valence-corrected chi connectivity index (χ0v) is 42.4. The van der Waals surface area contributed by atoms with Gasteiger partial charge in [-0.3, -0.25) is 0 Å². The highest BCUT2D eigenvalue weighted by Crippen LogP contribution is 2.47. The van der Waals surface area contributed by atoms with Gasteiger partial charge >= 0.3 is 0 Å². The Bertz CT molecular complexity index is 4400. The molecule has 0 bridgehead atoms. The van der Waals surface area contributed by atoms with Crippen LogP contribution >= 0.6 is 0 Å². The number of hydrogen-bond donors (Lipinski definition) is 0. The molecule has 0 aliphatic rings. The van der Waals surface area contributed by atoms with Crippen molar-refractivity contribution in [3.8, 4) is 44.5 Å². The van der Waals surface area contributed by atoms with E-state index in [0.717, 1.165) is 133 Å². The smallest absolute Gasteiger partial charge is 0.136 e. The molecular formula is C74H48N2O2. The first-order chi connectivity index (χ1) is 38.6. The van der Waals surface area contributed by atoms with Crippen LogP contribution in [0.15, 0.2) is 300 Å². The Kier molecular flexibility index (Phi) is 10.8. The molecule has 4 heteroatoms. The third-order valence-electron chi connectivity index (χ3n) is 15.4. The van der Waals surface area contributed by atoms with Crippen LogP contribution in [0, 0.1) is 0 Å². The fourth-order valence-corrected chi connectivity index (χ4v) is 11.6. The second-order valence-corrected chi connectivity index (χ2v) is 20.1. The number of furan rings is 2. The molecule has 0 unspecified atom stereocenters. The van der Waals surface area contributed by atoms with Crippen molar-refractivity contribution in [3.05, 3.63) is 291 Å². The Morgan fingerprint density at radius 1 is 0.205 bits per heavy atom. The number of nitrogens with zero attached hydrogens (tertiary/aromatic N) is 2. The largest absolute Gasteiger partial charge is 0.456 e. The summed E-state index contributed by atoms with van der Waals surface area (Å²) in [6, 6.07) is 104. The van der Waals surface area contributed by atoms with E-state index >= 15 is 0 Å². The van der Waals surface area contributed by atoms with E-state index in [9.17, 15) is 0 Å². The van der Waals surface area contributed by atoms with Crippen molar-refractivity contribution in [2.45, 2.75) is 0 Å². The summed E-state index contributed by atoms with van der Waals surface area (Å²) in [5.74, 6) is 0. The molecular weight excluding hydrogens is 949 g/mol. The number of fused-ring (bicyclic) bond motifs is 8. The third-order valence-corrected chi connectivity index (χ3v) is 15.4. The molecule has 2 heterocycles. The van der Waals surface area contributed by atoms with Crippen molar-refractivity contribution in [2.75, 3.05) is 9.80 Å². The van der Waals surface area contributed by atoms with E-state index in [1.54, 1.807) is 0 Å². The first-order valence-corrected chi connectivity index (χ1v) is 26.5. The van der Waals surface area contributed by atoms with Gasteiger partial charge in [0.15, 0.2) is 0 Å². The predicted molar refractivity (Wildman–Crippen MR) is 327 cm³/mol. The molecule has 4 nitrogen and oxygen atoms in total. The molecule has 0 aliphatic heterocycles. The Morgan fingerprint density at radius 2 is 0.538 bits per heavy atom. The van der Waals surface area contributed by atoms with Gasteiger partial charge in [-0.25, -0.2) is 0 Å². The minimum atomic E-state index is 0.827. The normalized spacial score (nSPS) is 11.6. The number of hydrogen-bond acceptors (Lipinski definition) is 4. The van der Waals surface area contributed by atoms with Crippen molar-refractivity contribution >= 4 is 99.5 Å². The first-order valence-electron chi connectivity index (χ1n) is 26.5. The van der Waals surface area contributed by atoms with Gasteiger partial charge in [0, 0.05) is 55.4 Å². The highest BCUT2D eigenvalue weighted by molar-refractivity contribution is 6.18. The van der Waals surface area contributed by atoms with Gasteiger partial charge in [-0.1, -0.05) is 194 Å². The molecule has 15 aromatic rings. The molecule has 0 aliphatic carbocycles.